The predicted molar refractivity (Wildman–Crippen MR) is 71.9 cm³/mol. The molecule has 4 nitrogen and oxygen atoms in total. The van der Waals surface area contributed by atoms with Gasteiger partial charge in [-0.15, -0.1) is 0 Å². The Labute approximate surface area is 111 Å². The first-order valence-corrected chi connectivity index (χ1v) is 5.83. The standard InChI is InChI=1S/C15H13NO3/c1-10-4-3-5-12(8-10)15(18)19-16-13-6-7-14(17)11(2)9-13/h3-9H,1-2H3/b16-13-. The maximum atomic E-state index is 11.7. The van der Waals surface area contributed by atoms with Crippen molar-refractivity contribution in [3.05, 3.63) is 59.2 Å². The second kappa shape index (κ2) is 5.44. The predicted octanol–water partition coefficient (Wildman–Crippen LogP) is 2.59. The molecule has 0 heterocycles. The van der Waals surface area contributed by atoms with E-state index in [9.17, 15) is 9.59 Å². The highest BCUT2D eigenvalue weighted by atomic mass is 16.7. The number of nitrogens with zero attached hydrogens (tertiary/aromatic N) is 1. The molecule has 0 amide bonds. The molecular formula is C15H13NO3. The molecule has 1 aromatic carbocycles. The maximum absolute atomic E-state index is 11.7. The zero-order valence-electron chi connectivity index (χ0n) is 10.7. The molecule has 1 aliphatic rings. The van der Waals surface area contributed by atoms with Gasteiger partial charge in [0.05, 0.1) is 5.56 Å². The average molecular weight is 255 g/mol. The number of aryl methyl sites for hydroxylation is 1. The van der Waals surface area contributed by atoms with Crippen molar-refractivity contribution in [3.8, 4) is 0 Å². The molecular weight excluding hydrogens is 242 g/mol. The summed E-state index contributed by atoms with van der Waals surface area (Å²) in [4.78, 5) is 27.8. The van der Waals surface area contributed by atoms with Crippen LogP contribution in [0.2, 0.25) is 0 Å². The molecule has 0 aromatic heterocycles. The van der Waals surface area contributed by atoms with Crippen LogP contribution >= 0.6 is 0 Å². The van der Waals surface area contributed by atoms with Crippen molar-refractivity contribution >= 4 is 17.5 Å². The molecule has 0 saturated carbocycles. The Morgan fingerprint density at radius 3 is 2.68 bits per heavy atom. The van der Waals surface area contributed by atoms with Crippen LogP contribution < -0.4 is 0 Å². The molecule has 0 unspecified atom stereocenters. The summed E-state index contributed by atoms with van der Waals surface area (Å²) in [6.45, 7) is 3.58. The van der Waals surface area contributed by atoms with Crippen molar-refractivity contribution in [2.75, 3.05) is 0 Å². The topological polar surface area (TPSA) is 55.7 Å². The van der Waals surface area contributed by atoms with Crippen LogP contribution in [0.1, 0.15) is 22.8 Å². The van der Waals surface area contributed by atoms with Gasteiger partial charge in [-0.3, -0.25) is 4.79 Å². The Balaban J connectivity index is 2.09. The van der Waals surface area contributed by atoms with Crippen LogP contribution in [0.4, 0.5) is 0 Å². The molecule has 4 heteroatoms. The van der Waals surface area contributed by atoms with E-state index in [1.807, 2.05) is 13.0 Å². The second-order valence-corrected chi connectivity index (χ2v) is 4.29. The summed E-state index contributed by atoms with van der Waals surface area (Å²) >= 11 is 0. The Bertz CT molecular complexity index is 624. The van der Waals surface area contributed by atoms with Crippen molar-refractivity contribution in [2.45, 2.75) is 13.8 Å². The number of allylic oxidation sites excluding steroid dienone is 4. The van der Waals surface area contributed by atoms with E-state index in [-0.39, 0.29) is 5.78 Å². The SMILES string of the molecule is CC1=C/C(=N\OC(=O)c2cccc(C)c2)C=CC1=O. The van der Waals surface area contributed by atoms with Crippen LogP contribution in [0.15, 0.2) is 53.2 Å². The summed E-state index contributed by atoms with van der Waals surface area (Å²) < 4.78 is 0. The minimum absolute atomic E-state index is 0.0658. The summed E-state index contributed by atoms with van der Waals surface area (Å²) in [6.07, 6.45) is 4.49. The van der Waals surface area contributed by atoms with Crippen LogP contribution in [0, 0.1) is 6.92 Å². The van der Waals surface area contributed by atoms with E-state index in [4.69, 9.17) is 4.84 Å². The van der Waals surface area contributed by atoms with Gasteiger partial charge in [0, 0.05) is 0 Å². The number of oxime groups is 1. The van der Waals surface area contributed by atoms with E-state index in [1.165, 1.54) is 12.2 Å². The number of carbonyl (C=O) groups is 2. The van der Waals surface area contributed by atoms with Gasteiger partial charge in [0.1, 0.15) is 5.71 Å². The zero-order valence-corrected chi connectivity index (χ0v) is 10.7. The highest BCUT2D eigenvalue weighted by molar-refractivity contribution is 6.18. The smallest absolute Gasteiger partial charge is 0.312 e. The molecule has 0 atom stereocenters. The summed E-state index contributed by atoms with van der Waals surface area (Å²) in [6, 6.07) is 7.06. The minimum atomic E-state index is -0.521. The van der Waals surface area contributed by atoms with Crippen LogP contribution in [-0.2, 0) is 9.63 Å². The Kier molecular flexibility index (Phi) is 3.71. The fourth-order valence-electron chi connectivity index (χ4n) is 1.61. The molecule has 2 rings (SSSR count). The Morgan fingerprint density at radius 2 is 2.00 bits per heavy atom. The van der Waals surface area contributed by atoms with E-state index in [1.54, 1.807) is 31.2 Å². The first-order valence-electron chi connectivity index (χ1n) is 5.83. The van der Waals surface area contributed by atoms with Crippen molar-refractivity contribution < 1.29 is 14.4 Å². The zero-order chi connectivity index (χ0) is 13.8. The molecule has 1 aliphatic carbocycles. The third-order valence-corrected chi connectivity index (χ3v) is 2.65. The number of ketones is 1. The highest BCUT2D eigenvalue weighted by Gasteiger charge is 2.10. The number of hydrogen-bond donors (Lipinski definition) is 0. The molecule has 0 aliphatic heterocycles. The lowest BCUT2D eigenvalue weighted by molar-refractivity contribution is -0.111. The summed E-state index contributed by atoms with van der Waals surface area (Å²) in [7, 11) is 0. The lowest BCUT2D eigenvalue weighted by Crippen LogP contribution is -2.07. The van der Waals surface area contributed by atoms with Crippen molar-refractivity contribution in [2.24, 2.45) is 5.16 Å². The lowest BCUT2D eigenvalue weighted by atomic mass is 10.1. The third kappa shape index (κ3) is 3.25. The molecule has 19 heavy (non-hydrogen) atoms. The van der Waals surface area contributed by atoms with Crippen LogP contribution in [0.25, 0.3) is 0 Å². The summed E-state index contributed by atoms with van der Waals surface area (Å²) in [5, 5.41) is 3.73. The normalized spacial score (nSPS) is 16.4. The Hall–Kier alpha value is -2.49. The summed E-state index contributed by atoms with van der Waals surface area (Å²) in [5.41, 5.74) is 2.42. The number of rotatable bonds is 2. The van der Waals surface area contributed by atoms with Crippen molar-refractivity contribution in [1.82, 2.24) is 0 Å². The van der Waals surface area contributed by atoms with Crippen molar-refractivity contribution in [1.29, 1.82) is 0 Å². The van der Waals surface area contributed by atoms with E-state index >= 15 is 0 Å². The Morgan fingerprint density at radius 1 is 1.21 bits per heavy atom. The highest BCUT2D eigenvalue weighted by Crippen LogP contribution is 2.08. The first kappa shape index (κ1) is 13.0. The largest absolute Gasteiger partial charge is 0.365 e. The number of carbonyl (C=O) groups excluding carboxylic acids is 2. The fraction of sp³-hybridized carbons (Fsp3) is 0.133. The molecule has 0 spiro atoms. The fourth-order valence-corrected chi connectivity index (χ4v) is 1.61. The molecule has 0 saturated heterocycles. The van der Waals surface area contributed by atoms with Crippen LogP contribution in [0.5, 0.6) is 0 Å². The van der Waals surface area contributed by atoms with E-state index in [0.29, 0.717) is 16.8 Å². The molecule has 0 fully saturated rings. The first-order chi connectivity index (χ1) is 9.06. The maximum Gasteiger partial charge on any atom is 0.365 e. The monoisotopic (exact) mass is 255 g/mol. The van der Waals surface area contributed by atoms with Gasteiger partial charge in [-0.05, 0) is 49.8 Å². The van der Waals surface area contributed by atoms with Crippen LogP contribution in [-0.4, -0.2) is 17.5 Å². The molecule has 1 aromatic rings. The van der Waals surface area contributed by atoms with E-state index in [2.05, 4.69) is 5.16 Å². The van der Waals surface area contributed by atoms with E-state index < -0.39 is 5.97 Å². The molecule has 0 N–H and O–H groups in total. The lowest BCUT2D eigenvalue weighted by Gasteiger charge is -2.03. The second-order valence-electron chi connectivity index (χ2n) is 4.29. The number of benzene rings is 1. The van der Waals surface area contributed by atoms with Crippen LogP contribution in [0.3, 0.4) is 0 Å². The van der Waals surface area contributed by atoms with Gasteiger partial charge >= 0.3 is 5.97 Å². The van der Waals surface area contributed by atoms with E-state index in [0.717, 1.165) is 5.56 Å². The minimum Gasteiger partial charge on any atom is -0.312 e. The van der Waals surface area contributed by atoms with Gasteiger partial charge in [0.25, 0.3) is 0 Å². The van der Waals surface area contributed by atoms with Gasteiger partial charge in [0.2, 0.25) is 0 Å². The van der Waals surface area contributed by atoms with Gasteiger partial charge in [0.15, 0.2) is 5.78 Å². The van der Waals surface area contributed by atoms with Gasteiger partial charge in [-0.1, -0.05) is 22.9 Å². The average Bonchev–Trinajstić information content (AvgIpc) is 2.40. The van der Waals surface area contributed by atoms with Gasteiger partial charge in [-0.25, -0.2) is 4.79 Å². The third-order valence-electron chi connectivity index (χ3n) is 2.65. The van der Waals surface area contributed by atoms with Crippen molar-refractivity contribution in [3.63, 3.8) is 0 Å². The summed E-state index contributed by atoms with van der Waals surface area (Å²) in [5.74, 6) is -0.587. The van der Waals surface area contributed by atoms with Gasteiger partial charge < -0.3 is 4.84 Å². The number of hydrogen-bond acceptors (Lipinski definition) is 4. The molecule has 96 valence electrons. The van der Waals surface area contributed by atoms with Gasteiger partial charge in [-0.2, -0.15) is 0 Å². The molecule has 0 radical (unpaired) electrons. The molecule has 0 bridgehead atoms. The quantitative estimate of drug-likeness (QED) is 0.463.